The van der Waals surface area contributed by atoms with E-state index in [1.54, 1.807) is 43.5 Å². The second-order valence-corrected chi connectivity index (χ2v) is 6.10. The molecule has 0 saturated heterocycles. The van der Waals surface area contributed by atoms with Gasteiger partial charge in [-0.25, -0.2) is 8.99 Å². The fraction of sp³-hybridized carbons (Fsp3) is 0.143. The molecular formula is C14H15NO2S. The van der Waals surface area contributed by atoms with Crippen LogP contribution < -0.4 is 4.74 Å². The number of rotatable bonds is 3. The molecule has 1 N–H and O–H groups in total. The standard InChI is InChI=1S/C14H15NO2S/c1-11-3-7-13(8-4-11)18(15,16)14-9-5-12(17-2)6-10-14/h3-10,15H,1-2H3. The van der Waals surface area contributed by atoms with E-state index in [9.17, 15) is 4.21 Å². The monoisotopic (exact) mass is 261 g/mol. The van der Waals surface area contributed by atoms with E-state index in [-0.39, 0.29) is 0 Å². The van der Waals surface area contributed by atoms with E-state index in [2.05, 4.69) is 0 Å². The molecule has 2 aromatic rings. The van der Waals surface area contributed by atoms with Crippen molar-refractivity contribution in [2.75, 3.05) is 7.11 Å². The maximum absolute atomic E-state index is 12.5. The van der Waals surface area contributed by atoms with Gasteiger partial charge in [0.1, 0.15) is 15.5 Å². The summed E-state index contributed by atoms with van der Waals surface area (Å²) in [4.78, 5) is 1.02. The summed E-state index contributed by atoms with van der Waals surface area (Å²) in [6.45, 7) is 1.96. The molecule has 2 rings (SSSR count). The van der Waals surface area contributed by atoms with Gasteiger partial charge in [-0.05, 0) is 43.3 Å². The molecule has 3 nitrogen and oxygen atoms in total. The van der Waals surface area contributed by atoms with Gasteiger partial charge in [0, 0.05) is 0 Å². The fourth-order valence-corrected chi connectivity index (χ4v) is 2.94. The summed E-state index contributed by atoms with van der Waals surface area (Å²) in [5.74, 6) is 0.692. The number of hydrogen-bond acceptors (Lipinski definition) is 3. The Labute approximate surface area is 107 Å². The first-order valence-electron chi connectivity index (χ1n) is 5.53. The lowest BCUT2D eigenvalue weighted by atomic mass is 10.2. The Hall–Kier alpha value is -1.81. The van der Waals surface area contributed by atoms with Crippen LogP contribution in [0.4, 0.5) is 0 Å². The van der Waals surface area contributed by atoms with Crippen molar-refractivity contribution in [1.82, 2.24) is 0 Å². The Morgan fingerprint density at radius 2 is 1.39 bits per heavy atom. The lowest BCUT2D eigenvalue weighted by Crippen LogP contribution is -1.99. The maximum atomic E-state index is 12.5. The SMILES string of the molecule is COc1ccc(S(=N)(=O)c2ccc(C)cc2)cc1. The van der Waals surface area contributed by atoms with Crippen molar-refractivity contribution < 1.29 is 8.95 Å². The van der Waals surface area contributed by atoms with Crippen molar-refractivity contribution in [1.29, 1.82) is 4.78 Å². The average molecular weight is 261 g/mol. The van der Waals surface area contributed by atoms with Crippen LogP contribution >= 0.6 is 0 Å². The highest BCUT2D eigenvalue weighted by atomic mass is 32.2. The Balaban J connectivity index is 2.44. The van der Waals surface area contributed by atoms with Crippen molar-refractivity contribution in [3.8, 4) is 5.75 Å². The number of hydrogen-bond donors (Lipinski definition) is 1. The first-order chi connectivity index (χ1) is 8.54. The lowest BCUT2D eigenvalue weighted by molar-refractivity contribution is 0.414. The van der Waals surface area contributed by atoms with Crippen LogP contribution in [-0.4, -0.2) is 11.3 Å². The third kappa shape index (κ3) is 2.38. The van der Waals surface area contributed by atoms with E-state index in [0.29, 0.717) is 15.5 Å². The third-order valence-electron chi connectivity index (χ3n) is 2.74. The minimum absolute atomic E-state index is 0.493. The molecule has 18 heavy (non-hydrogen) atoms. The summed E-state index contributed by atoms with van der Waals surface area (Å²) in [5, 5.41) is 0. The zero-order valence-electron chi connectivity index (χ0n) is 10.3. The van der Waals surface area contributed by atoms with Crippen molar-refractivity contribution >= 4 is 9.73 Å². The maximum Gasteiger partial charge on any atom is 0.118 e. The van der Waals surface area contributed by atoms with Gasteiger partial charge >= 0.3 is 0 Å². The van der Waals surface area contributed by atoms with Crippen LogP contribution in [0.1, 0.15) is 5.56 Å². The van der Waals surface area contributed by atoms with Crippen LogP contribution in [0.25, 0.3) is 0 Å². The topological polar surface area (TPSA) is 50.1 Å². The first-order valence-corrected chi connectivity index (χ1v) is 7.09. The first kappa shape index (κ1) is 12.6. The summed E-state index contributed by atoms with van der Waals surface area (Å²) in [7, 11) is -1.36. The summed E-state index contributed by atoms with van der Waals surface area (Å²) in [6.07, 6.45) is 0. The molecule has 0 saturated carbocycles. The van der Waals surface area contributed by atoms with Gasteiger partial charge in [0.05, 0.1) is 16.9 Å². The van der Waals surface area contributed by atoms with Crippen LogP contribution in [0.5, 0.6) is 5.75 Å². The lowest BCUT2D eigenvalue weighted by Gasteiger charge is -2.09. The van der Waals surface area contributed by atoms with Gasteiger partial charge < -0.3 is 4.74 Å². The van der Waals surface area contributed by atoms with Crippen LogP contribution in [0.15, 0.2) is 58.3 Å². The summed E-state index contributed by atoms with van der Waals surface area (Å²) in [5.41, 5.74) is 1.09. The fourth-order valence-electron chi connectivity index (χ4n) is 1.63. The molecule has 0 fully saturated rings. The normalized spacial score (nSPS) is 13.9. The highest BCUT2D eigenvalue weighted by Crippen LogP contribution is 2.23. The van der Waals surface area contributed by atoms with Gasteiger partial charge in [-0.1, -0.05) is 17.7 Å². The molecule has 0 aliphatic rings. The van der Waals surface area contributed by atoms with E-state index in [4.69, 9.17) is 9.52 Å². The number of ether oxygens (including phenoxy) is 1. The number of methoxy groups -OCH3 is 1. The van der Waals surface area contributed by atoms with Gasteiger partial charge in [-0.15, -0.1) is 0 Å². The number of aryl methyl sites for hydroxylation is 1. The van der Waals surface area contributed by atoms with E-state index >= 15 is 0 Å². The van der Waals surface area contributed by atoms with Crippen molar-refractivity contribution in [3.63, 3.8) is 0 Å². The van der Waals surface area contributed by atoms with Crippen LogP contribution in [0.2, 0.25) is 0 Å². The molecule has 0 bridgehead atoms. The summed E-state index contributed by atoms with van der Waals surface area (Å²) < 4.78 is 25.7. The molecule has 0 heterocycles. The minimum atomic E-state index is -2.94. The van der Waals surface area contributed by atoms with Gasteiger partial charge in [0.15, 0.2) is 0 Å². The van der Waals surface area contributed by atoms with Gasteiger partial charge in [-0.3, -0.25) is 0 Å². The molecule has 94 valence electrons. The zero-order valence-corrected chi connectivity index (χ0v) is 11.2. The molecule has 1 atom stereocenters. The molecular weight excluding hydrogens is 246 g/mol. The molecule has 1 unspecified atom stereocenters. The Morgan fingerprint density at radius 1 is 0.944 bits per heavy atom. The molecule has 0 aromatic heterocycles. The molecule has 0 aliphatic heterocycles. The molecule has 0 aliphatic carbocycles. The third-order valence-corrected chi connectivity index (χ3v) is 4.62. The van der Waals surface area contributed by atoms with E-state index in [1.165, 1.54) is 0 Å². The second-order valence-electron chi connectivity index (χ2n) is 4.04. The van der Waals surface area contributed by atoms with Crippen molar-refractivity contribution in [2.45, 2.75) is 16.7 Å². The molecule has 0 radical (unpaired) electrons. The summed E-state index contributed by atoms with van der Waals surface area (Å²) in [6, 6.07) is 14.0. The van der Waals surface area contributed by atoms with Gasteiger partial charge in [-0.2, -0.15) is 0 Å². The van der Waals surface area contributed by atoms with Crippen molar-refractivity contribution in [2.24, 2.45) is 0 Å². The van der Waals surface area contributed by atoms with Crippen LogP contribution in [-0.2, 0) is 9.73 Å². The molecule has 0 spiro atoms. The minimum Gasteiger partial charge on any atom is -0.497 e. The van der Waals surface area contributed by atoms with Gasteiger partial charge in [0.25, 0.3) is 0 Å². The summed E-state index contributed by atoms with van der Waals surface area (Å²) >= 11 is 0. The molecule has 2 aromatic carbocycles. The van der Waals surface area contributed by atoms with E-state index < -0.39 is 9.73 Å². The van der Waals surface area contributed by atoms with Crippen LogP contribution in [0.3, 0.4) is 0 Å². The smallest absolute Gasteiger partial charge is 0.118 e. The number of benzene rings is 2. The molecule has 0 amide bonds. The Morgan fingerprint density at radius 3 is 1.83 bits per heavy atom. The Kier molecular flexibility index (Phi) is 3.39. The van der Waals surface area contributed by atoms with Gasteiger partial charge in [0.2, 0.25) is 0 Å². The van der Waals surface area contributed by atoms with Crippen molar-refractivity contribution in [3.05, 3.63) is 54.1 Å². The quantitative estimate of drug-likeness (QED) is 0.919. The largest absolute Gasteiger partial charge is 0.497 e. The predicted molar refractivity (Wildman–Crippen MR) is 71.6 cm³/mol. The highest BCUT2D eigenvalue weighted by Gasteiger charge is 2.12. The predicted octanol–water partition coefficient (Wildman–Crippen LogP) is 3.47. The second kappa shape index (κ2) is 4.82. The van der Waals surface area contributed by atoms with Crippen LogP contribution in [0, 0.1) is 11.7 Å². The van der Waals surface area contributed by atoms with E-state index in [0.717, 1.165) is 5.56 Å². The zero-order chi connectivity index (χ0) is 13.2. The van der Waals surface area contributed by atoms with E-state index in [1.807, 2.05) is 19.1 Å². The average Bonchev–Trinajstić information content (AvgIpc) is 2.39. The molecule has 4 heteroatoms. The Bertz CT molecular complexity index is 628. The number of nitrogens with one attached hydrogen (secondary N) is 1. The highest BCUT2D eigenvalue weighted by molar-refractivity contribution is 7.92.